The molecular formula is C13H30GaNS2. The molecule has 0 amide bonds. The van der Waals surface area contributed by atoms with Crippen LogP contribution >= 0.6 is 18.4 Å². The molecule has 102 valence electrons. The van der Waals surface area contributed by atoms with Gasteiger partial charge in [-0.2, -0.15) is 0 Å². The van der Waals surface area contributed by atoms with Crippen molar-refractivity contribution in [3.63, 3.8) is 0 Å². The van der Waals surface area contributed by atoms with E-state index < -0.39 is 8.75 Å². The summed E-state index contributed by atoms with van der Waals surface area (Å²) in [5.41, 5.74) is 0. The molecule has 0 atom stereocenters. The van der Waals surface area contributed by atoms with Crippen LogP contribution in [0, 0.1) is 0 Å². The molecular weight excluding hydrogens is 304 g/mol. The quantitative estimate of drug-likeness (QED) is 0.539. The van der Waals surface area contributed by atoms with E-state index in [1.165, 1.54) is 23.0 Å². The minimum absolute atomic E-state index is 1.16. The van der Waals surface area contributed by atoms with Crippen LogP contribution in [0.1, 0.15) is 41.5 Å². The van der Waals surface area contributed by atoms with Gasteiger partial charge in [-0.15, -0.1) is 0 Å². The molecule has 0 bridgehead atoms. The molecule has 17 heavy (non-hydrogen) atoms. The normalized spacial score (nSPS) is 14.6. The molecule has 0 aromatic rings. The van der Waals surface area contributed by atoms with E-state index >= 15 is 0 Å². The van der Waals surface area contributed by atoms with Crippen LogP contribution in [0.4, 0.5) is 0 Å². The van der Waals surface area contributed by atoms with Gasteiger partial charge in [0.25, 0.3) is 0 Å². The fourth-order valence-electron chi connectivity index (χ4n) is 2.78. The summed E-state index contributed by atoms with van der Waals surface area (Å²) < 4.78 is 1.75. The van der Waals surface area contributed by atoms with E-state index in [1.54, 1.807) is 21.7 Å². The molecule has 0 aliphatic heterocycles. The third-order valence-electron chi connectivity index (χ3n) is 4.64. The molecule has 0 fully saturated rings. The molecule has 0 aliphatic carbocycles. The molecule has 0 aromatic carbocycles. The fraction of sp³-hybridized carbons (Fsp3) is 0.923. The zero-order chi connectivity index (χ0) is 13.6. The monoisotopic (exact) mass is 333 g/mol. The predicted molar refractivity (Wildman–Crippen MR) is 91.0 cm³/mol. The van der Waals surface area contributed by atoms with Crippen molar-refractivity contribution in [2.24, 2.45) is 0 Å². The summed E-state index contributed by atoms with van der Waals surface area (Å²) in [4.78, 5) is 2.63. The van der Waals surface area contributed by atoms with E-state index in [1.807, 2.05) is 0 Å². The molecule has 0 rings (SSSR count). The molecule has 0 unspecified atom stereocenters. The maximum absolute atomic E-state index is 2.63. The van der Waals surface area contributed by atoms with Gasteiger partial charge in [0, 0.05) is 0 Å². The molecule has 0 N–H and O–H groups in total. The topological polar surface area (TPSA) is 3.24 Å². The summed E-state index contributed by atoms with van der Waals surface area (Å²) in [6, 6.07) is 0. The van der Waals surface area contributed by atoms with E-state index in [2.05, 4.69) is 56.1 Å². The maximum atomic E-state index is 2.63. The van der Waals surface area contributed by atoms with Crippen molar-refractivity contribution in [1.29, 1.82) is 0 Å². The first-order valence-corrected chi connectivity index (χ1v) is 13.5. The third kappa shape index (κ3) is 3.19. The summed E-state index contributed by atoms with van der Waals surface area (Å²) in [5.74, 6) is 5.46. The standard InChI is InChI=1S/C13H31NS2.Ga/c1-7-14(8-2)13(15)16(9-3,10-4,11-5)12-6;/h15H,7-12H2,1-6H3;/q;+1/p-1. The zero-order valence-corrected chi connectivity index (χ0v) is 16.6. The Kier molecular flexibility index (Phi) is 8.21. The Labute approximate surface area is 122 Å². The zero-order valence-electron chi connectivity index (χ0n) is 12.6. The van der Waals surface area contributed by atoms with Crippen molar-refractivity contribution in [2.45, 2.75) is 41.5 Å². The number of rotatable bonds is 6. The Morgan fingerprint density at radius 2 is 1.24 bits per heavy atom. The summed E-state index contributed by atoms with van der Waals surface area (Å²) in [6.45, 7) is 16.6. The average molecular weight is 334 g/mol. The van der Waals surface area contributed by atoms with Gasteiger partial charge in [-0.25, -0.2) is 0 Å². The van der Waals surface area contributed by atoms with Gasteiger partial charge in [-0.3, -0.25) is 0 Å². The van der Waals surface area contributed by atoms with E-state index in [9.17, 15) is 0 Å². The molecule has 2 radical (unpaired) electrons. The van der Waals surface area contributed by atoms with E-state index in [4.69, 9.17) is 0 Å². The van der Waals surface area contributed by atoms with Crippen LogP contribution in [0.15, 0.2) is 0 Å². The van der Waals surface area contributed by atoms with Gasteiger partial charge in [-0.05, 0) is 0 Å². The molecule has 1 nitrogen and oxygen atoms in total. The van der Waals surface area contributed by atoms with Crippen LogP contribution in [-0.4, -0.2) is 62.7 Å². The van der Waals surface area contributed by atoms with Gasteiger partial charge in [0.15, 0.2) is 0 Å². The Hall–Kier alpha value is 1.17. The second-order valence-electron chi connectivity index (χ2n) is 4.51. The van der Waals surface area contributed by atoms with Crippen LogP contribution in [0.25, 0.3) is 0 Å². The molecule has 0 aromatic heterocycles. The van der Waals surface area contributed by atoms with Crippen molar-refractivity contribution in [2.75, 3.05) is 36.1 Å². The predicted octanol–water partition coefficient (Wildman–Crippen LogP) is 3.65. The van der Waals surface area contributed by atoms with Gasteiger partial charge in [0.1, 0.15) is 0 Å². The van der Waals surface area contributed by atoms with Gasteiger partial charge in [0.05, 0.1) is 0 Å². The first kappa shape index (κ1) is 18.2. The van der Waals surface area contributed by atoms with Gasteiger partial charge < -0.3 is 0 Å². The summed E-state index contributed by atoms with van der Waals surface area (Å²) in [6.07, 6.45) is 0. The molecule has 0 spiro atoms. The van der Waals surface area contributed by atoms with Crippen LogP contribution in [-0.2, 0) is 0 Å². The van der Waals surface area contributed by atoms with Gasteiger partial charge >= 0.3 is 123 Å². The number of hydrogen-bond donors (Lipinski definition) is 0. The van der Waals surface area contributed by atoms with Crippen LogP contribution in [0.2, 0.25) is 0 Å². The average Bonchev–Trinajstić information content (AvgIpc) is 2.41. The summed E-state index contributed by atoms with van der Waals surface area (Å²) >= 11 is 1.80. The van der Waals surface area contributed by atoms with E-state index in [0.717, 1.165) is 13.1 Å². The molecule has 0 saturated carbocycles. The Bertz CT molecular complexity index is 258. The summed E-state index contributed by atoms with van der Waals surface area (Å²) in [7, 11) is 0.731. The SMILES string of the molecule is CCN(CC)C([S][Ga])=S(CC)(CC)(CC)CC. The first-order valence-electron chi connectivity index (χ1n) is 6.90. The minimum atomic E-state index is -1.35. The van der Waals surface area contributed by atoms with Crippen LogP contribution in [0.3, 0.4) is 0 Å². The van der Waals surface area contributed by atoms with E-state index in [-0.39, 0.29) is 0 Å². The molecule has 4 heteroatoms. The Balaban J connectivity index is 6.11. The Morgan fingerprint density at radius 3 is 1.41 bits per heavy atom. The van der Waals surface area contributed by atoms with Crippen molar-refractivity contribution in [3.8, 4) is 0 Å². The first-order chi connectivity index (χ1) is 8.03. The fourth-order valence-corrected chi connectivity index (χ4v) is 16.2. The van der Waals surface area contributed by atoms with Crippen LogP contribution in [0.5, 0.6) is 0 Å². The van der Waals surface area contributed by atoms with Crippen molar-refractivity contribution >= 4 is 40.1 Å². The second kappa shape index (κ2) is 7.68. The van der Waals surface area contributed by atoms with Gasteiger partial charge in [0.2, 0.25) is 0 Å². The molecule has 0 heterocycles. The number of nitrogens with zero attached hydrogens (tertiary/aromatic N) is 1. The van der Waals surface area contributed by atoms with Crippen LogP contribution < -0.4 is 0 Å². The van der Waals surface area contributed by atoms with Gasteiger partial charge in [-0.1, -0.05) is 0 Å². The third-order valence-corrected chi connectivity index (χ3v) is 16.6. The van der Waals surface area contributed by atoms with Crippen molar-refractivity contribution in [1.82, 2.24) is 4.90 Å². The van der Waals surface area contributed by atoms with E-state index in [0.29, 0.717) is 0 Å². The second-order valence-corrected chi connectivity index (χ2v) is 13.2. The summed E-state index contributed by atoms with van der Waals surface area (Å²) in [5, 5.41) is 0. The molecule has 0 saturated heterocycles. The molecule has 0 aliphatic rings. The number of hydrogen-bond acceptors (Lipinski definition) is 1. The Morgan fingerprint density at radius 1 is 0.882 bits per heavy atom. The van der Waals surface area contributed by atoms with Crippen molar-refractivity contribution < 1.29 is 0 Å². The van der Waals surface area contributed by atoms with Crippen molar-refractivity contribution in [3.05, 3.63) is 0 Å².